The second-order valence-electron chi connectivity index (χ2n) is 5.03. The van der Waals surface area contributed by atoms with E-state index in [1.165, 1.54) is 22.5 Å². The van der Waals surface area contributed by atoms with Gasteiger partial charge in [0.05, 0.1) is 4.92 Å². The summed E-state index contributed by atoms with van der Waals surface area (Å²) >= 11 is 0. The minimum Gasteiger partial charge on any atom is -0.361 e. The van der Waals surface area contributed by atoms with Crippen molar-refractivity contribution in [1.29, 1.82) is 0 Å². The van der Waals surface area contributed by atoms with E-state index >= 15 is 0 Å². The van der Waals surface area contributed by atoms with E-state index in [0.717, 1.165) is 17.3 Å². The van der Waals surface area contributed by atoms with E-state index in [2.05, 4.69) is 36.2 Å². The van der Waals surface area contributed by atoms with Crippen LogP contribution in [0.2, 0.25) is 0 Å². The highest BCUT2D eigenvalue weighted by Crippen LogP contribution is 2.12. The van der Waals surface area contributed by atoms with Gasteiger partial charge in [-0.25, -0.2) is 0 Å². The molecule has 22 heavy (non-hydrogen) atoms. The van der Waals surface area contributed by atoms with Gasteiger partial charge in [0.15, 0.2) is 0 Å². The predicted octanol–water partition coefficient (Wildman–Crippen LogP) is 4.72. The maximum absolute atomic E-state index is 10.0. The third-order valence-electron chi connectivity index (χ3n) is 3.27. The Labute approximate surface area is 129 Å². The lowest BCUT2D eigenvalue weighted by molar-refractivity contribution is -0.400. The zero-order chi connectivity index (χ0) is 15.9. The summed E-state index contributed by atoms with van der Waals surface area (Å²) in [6, 6.07) is 16.0. The van der Waals surface area contributed by atoms with Gasteiger partial charge in [0, 0.05) is 17.8 Å². The molecule has 3 rings (SSSR count). The average Bonchev–Trinajstić information content (AvgIpc) is 2.94. The minimum atomic E-state index is -0.466. The molecular formula is C18H18N2O2. The first-order valence-electron chi connectivity index (χ1n) is 6.97. The maximum Gasteiger partial charge on any atom is 0.235 e. The van der Waals surface area contributed by atoms with Crippen molar-refractivity contribution in [3.63, 3.8) is 0 Å². The molecule has 2 aromatic carbocycles. The van der Waals surface area contributed by atoms with Crippen molar-refractivity contribution in [2.45, 2.75) is 13.8 Å². The molecule has 4 nitrogen and oxygen atoms in total. The molecule has 0 unspecified atom stereocenters. The van der Waals surface area contributed by atoms with Crippen LogP contribution >= 0.6 is 0 Å². The van der Waals surface area contributed by atoms with Crippen molar-refractivity contribution in [2.24, 2.45) is 0 Å². The van der Waals surface area contributed by atoms with Crippen molar-refractivity contribution in [1.82, 2.24) is 4.98 Å². The number of nitrogens with zero attached hydrogens (tertiary/aromatic N) is 1. The quantitative estimate of drug-likeness (QED) is 0.549. The summed E-state index contributed by atoms with van der Waals surface area (Å²) in [7, 11) is 0. The topological polar surface area (TPSA) is 58.9 Å². The summed E-state index contributed by atoms with van der Waals surface area (Å²) in [6.07, 6.45) is 4.40. The van der Waals surface area contributed by atoms with Crippen LogP contribution in [0.3, 0.4) is 0 Å². The molecule has 0 radical (unpaired) electrons. The highest BCUT2D eigenvalue weighted by atomic mass is 16.6. The third-order valence-corrected chi connectivity index (χ3v) is 3.27. The second kappa shape index (κ2) is 7.22. The molecule has 0 saturated heterocycles. The van der Waals surface area contributed by atoms with E-state index < -0.39 is 4.92 Å². The summed E-state index contributed by atoms with van der Waals surface area (Å²) in [6.45, 7) is 4.01. The van der Waals surface area contributed by atoms with Crippen LogP contribution in [0, 0.1) is 24.0 Å². The monoisotopic (exact) mass is 294 g/mol. The van der Waals surface area contributed by atoms with E-state index in [-0.39, 0.29) is 0 Å². The summed E-state index contributed by atoms with van der Waals surface area (Å²) in [4.78, 5) is 12.7. The molecule has 4 heteroatoms. The number of hydrogen-bond donors (Lipinski definition) is 1. The van der Waals surface area contributed by atoms with E-state index in [0.29, 0.717) is 0 Å². The number of rotatable bonds is 2. The molecule has 0 aliphatic heterocycles. The Balaban J connectivity index is 0.000000162. The molecule has 1 aromatic heterocycles. The normalized spacial score (nSPS) is 10.5. The zero-order valence-electron chi connectivity index (χ0n) is 12.6. The lowest BCUT2D eigenvalue weighted by Gasteiger charge is -1.95. The molecule has 0 aliphatic rings. The van der Waals surface area contributed by atoms with Crippen LogP contribution in [0.25, 0.3) is 17.0 Å². The van der Waals surface area contributed by atoms with Gasteiger partial charge in [-0.2, -0.15) is 0 Å². The standard InChI is InChI=1S/C9H9NO2.C9H9N/c1-8-4-2-3-5-9(8)6-7-10(11)12;1-7-2-3-8-4-5-10-9(8)6-7/h2-7H,1H3;2-6,10H,1H3/b7-6+;. The van der Waals surface area contributed by atoms with Gasteiger partial charge < -0.3 is 4.98 Å². The lowest BCUT2D eigenvalue weighted by Crippen LogP contribution is -1.84. The van der Waals surface area contributed by atoms with Crippen molar-refractivity contribution in [2.75, 3.05) is 0 Å². The first-order chi connectivity index (χ1) is 10.6. The minimum absolute atomic E-state index is 0.466. The molecule has 0 saturated carbocycles. The number of benzene rings is 2. The Kier molecular flexibility index (Phi) is 5.09. The average molecular weight is 294 g/mol. The summed E-state index contributed by atoms with van der Waals surface area (Å²) in [5.74, 6) is 0. The van der Waals surface area contributed by atoms with Gasteiger partial charge in [0.1, 0.15) is 0 Å². The van der Waals surface area contributed by atoms with Crippen molar-refractivity contribution in [3.8, 4) is 0 Å². The van der Waals surface area contributed by atoms with Crippen LogP contribution in [-0.2, 0) is 0 Å². The highest BCUT2D eigenvalue weighted by Gasteiger charge is 1.93. The molecule has 0 bridgehead atoms. The van der Waals surface area contributed by atoms with Crippen LogP contribution < -0.4 is 0 Å². The molecule has 0 aliphatic carbocycles. The van der Waals surface area contributed by atoms with Gasteiger partial charge in [-0.1, -0.05) is 36.4 Å². The Morgan fingerprint density at radius 1 is 1.09 bits per heavy atom. The van der Waals surface area contributed by atoms with Crippen LogP contribution in [0.15, 0.2) is 60.9 Å². The zero-order valence-corrected chi connectivity index (χ0v) is 12.6. The van der Waals surface area contributed by atoms with Gasteiger partial charge in [-0.15, -0.1) is 0 Å². The van der Waals surface area contributed by atoms with Crippen LogP contribution in [0.4, 0.5) is 0 Å². The number of aryl methyl sites for hydroxylation is 2. The fourth-order valence-corrected chi connectivity index (χ4v) is 2.08. The lowest BCUT2D eigenvalue weighted by atomic mass is 10.1. The molecule has 0 amide bonds. The van der Waals surface area contributed by atoms with Gasteiger partial charge in [-0.3, -0.25) is 10.1 Å². The smallest absolute Gasteiger partial charge is 0.235 e. The molecular weight excluding hydrogens is 276 g/mol. The summed E-state index contributed by atoms with van der Waals surface area (Å²) in [5, 5.41) is 11.3. The SMILES string of the molecule is Cc1ccc2cc[nH]c2c1.Cc1ccccc1/C=C/[N+](=O)[O-]. The Morgan fingerprint density at radius 3 is 2.59 bits per heavy atom. The Bertz CT molecular complexity index is 803. The van der Waals surface area contributed by atoms with Gasteiger partial charge in [0.2, 0.25) is 6.20 Å². The number of aromatic nitrogens is 1. The number of H-pyrrole nitrogens is 1. The number of aromatic amines is 1. The number of fused-ring (bicyclic) bond motifs is 1. The van der Waals surface area contributed by atoms with E-state index in [1.807, 2.05) is 37.4 Å². The van der Waals surface area contributed by atoms with Gasteiger partial charge in [0.25, 0.3) is 0 Å². The van der Waals surface area contributed by atoms with E-state index in [9.17, 15) is 10.1 Å². The van der Waals surface area contributed by atoms with Crippen LogP contribution in [0.1, 0.15) is 16.7 Å². The van der Waals surface area contributed by atoms with E-state index in [4.69, 9.17) is 0 Å². The highest BCUT2D eigenvalue weighted by molar-refractivity contribution is 5.79. The molecule has 3 aromatic rings. The second-order valence-corrected chi connectivity index (χ2v) is 5.03. The number of nitrogens with one attached hydrogen (secondary N) is 1. The molecule has 0 spiro atoms. The number of hydrogen-bond acceptors (Lipinski definition) is 2. The summed E-state index contributed by atoms with van der Waals surface area (Å²) < 4.78 is 0. The third kappa shape index (κ3) is 4.31. The summed E-state index contributed by atoms with van der Waals surface area (Å²) in [5.41, 5.74) is 4.44. The van der Waals surface area contributed by atoms with Crippen LogP contribution in [0.5, 0.6) is 0 Å². The van der Waals surface area contributed by atoms with Crippen molar-refractivity contribution >= 4 is 17.0 Å². The van der Waals surface area contributed by atoms with E-state index in [1.54, 1.807) is 0 Å². The molecule has 0 atom stereocenters. The van der Waals surface area contributed by atoms with Gasteiger partial charge >= 0.3 is 0 Å². The molecule has 1 N–H and O–H groups in total. The Morgan fingerprint density at radius 2 is 1.86 bits per heavy atom. The fourth-order valence-electron chi connectivity index (χ4n) is 2.08. The maximum atomic E-state index is 10.0. The predicted molar refractivity (Wildman–Crippen MR) is 90.2 cm³/mol. The van der Waals surface area contributed by atoms with Crippen molar-refractivity contribution < 1.29 is 4.92 Å². The van der Waals surface area contributed by atoms with Crippen molar-refractivity contribution in [3.05, 3.63) is 87.7 Å². The largest absolute Gasteiger partial charge is 0.361 e. The fraction of sp³-hybridized carbons (Fsp3) is 0.111. The molecule has 0 fully saturated rings. The molecule has 1 heterocycles. The first kappa shape index (κ1) is 15.5. The van der Waals surface area contributed by atoms with Gasteiger partial charge in [-0.05, 0) is 48.1 Å². The Hall–Kier alpha value is -2.88. The number of nitro groups is 1. The van der Waals surface area contributed by atoms with Crippen LogP contribution in [-0.4, -0.2) is 9.91 Å². The molecule has 112 valence electrons. The first-order valence-corrected chi connectivity index (χ1v) is 6.97.